The molecule has 3 saturated heterocycles. The first-order valence-electron chi connectivity index (χ1n) is 10.5. The van der Waals surface area contributed by atoms with E-state index in [2.05, 4.69) is 22.0 Å². The first-order chi connectivity index (χ1) is 12.8. The van der Waals surface area contributed by atoms with Gasteiger partial charge in [-0.05, 0) is 38.5 Å². The summed E-state index contributed by atoms with van der Waals surface area (Å²) >= 11 is 0. The van der Waals surface area contributed by atoms with E-state index >= 15 is 0 Å². The average Bonchev–Trinajstić information content (AvgIpc) is 3.04. The lowest BCUT2D eigenvalue weighted by molar-refractivity contribution is 0.0133. The topological polar surface area (TPSA) is 42.0 Å². The van der Waals surface area contributed by atoms with E-state index in [4.69, 9.17) is 9.47 Å². The van der Waals surface area contributed by atoms with E-state index < -0.39 is 10.8 Å². The molecule has 0 amide bonds. The van der Waals surface area contributed by atoms with Crippen LogP contribution in [0.5, 0.6) is 0 Å². The molecule has 28 heavy (non-hydrogen) atoms. The molecular weight excluding hydrogens is 419 g/mol. The van der Waals surface area contributed by atoms with E-state index in [1.807, 2.05) is 0 Å². The Morgan fingerprint density at radius 2 is 1.07 bits per heavy atom. The minimum atomic E-state index is -0.730. The van der Waals surface area contributed by atoms with E-state index in [0.29, 0.717) is 22.6 Å². The molecule has 0 aromatic carbocycles. The van der Waals surface area contributed by atoms with Gasteiger partial charge in [0.05, 0.1) is 36.9 Å². The molecule has 0 N–H and O–H groups in total. The second kappa shape index (κ2) is 12.2. The molecule has 0 radical (unpaired) electrons. The van der Waals surface area contributed by atoms with Crippen molar-refractivity contribution in [3.8, 4) is 0 Å². The van der Waals surface area contributed by atoms with Crippen LogP contribution in [0.2, 0.25) is 0 Å². The van der Waals surface area contributed by atoms with Crippen molar-refractivity contribution in [3.05, 3.63) is 12.2 Å². The van der Waals surface area contributed by atoms with Crippen molar-refractivity contribution in [2.24, 2.45) is 0 Å². The lowest BCUT2D eigenvalue weighted by Gasteiger charge is -2.39. The Kier molecular flexibility index (Phi) is 10.7. The highest BCUT2D eigenvalue weighted by atomic mass is 35.5. The lowest BCUT2D eigenvalue weighted by atomic mass is 9.96. The highest BCUT2D eigenvalue weighted by molar-refractivity contribution is 7.86. The van der Waals surface area contributed by atoms with Crippen molar-refractivity contribution >= 4 is 35.6 Å². The molecule has 4 rings (SSSR count). The second-order valence-corrected chi connectivity index (χ2v) is 9.91. The number of hydrogen-bond acceptors (Lipinski definition) is 5. The fraction of sp³-hybridized carbons (Fsp3) is 0.900. The van der Waals surface area contributed by atoms with Gasteiger partial charge >= 0.3 is 0 Å². The molecule has 8 heteroatoms. The first kappa shape index (κ1) is 24.6. The Labute approximate surface area is 184 Å². The summed E-state index contributed by atoms with van der Waals surface area (Å²) in [7, 11) is -0.730. The van der Waals surface area contributed by atoms with Crippen molar-refractivity contribution in [1.29, 1.82) is 0 Å². The minimum absolute atomic E-state index is 0. The van der Waals surface area contributed by atoms with Crippen LogP contribution >= 0.6 is 24.8 Å². The summed E-state index contributed by atoms with van der Waals surface area (Å²) in [5.74, 6) is 0. The average molecular weight is 455 g/mol. The van der Waals surface area contributed by atoms with Crippen LogP contribution in [0, 0.1) is 0 Å². The Morgan fingerprint density at radius 1 is 0.679 bits per heavy atom. The maximum Gasteiger partial charge on any atom is 0.0594 e. The van der Waals surface area contributed by atoms with E-state index in [9.17, 15) is 4.21 Å². The third-order valence-electron chi connectivity index (χ3n) is 6.65. The van der Waals surface area contributed by atoms with Gasteiger partial charge in [0, 0.05) is 49.1 Å². The molecule has 2 bridgehead atoms. The molecular formula is C20H36Cl2N2O3S. The van der Waals surface area contributed by atoms with Crippen LogP contribution in [0.25, 0.3) is 0 Å². The van der Waals surface area contributed by atoms with Gasteiger partial charge in [-0.25, -0.2) is 0 Å². The van der Waals surface area contributed by atoms with Gasteiger partial charge in [-0.15, -0.1) is 24.8 Å². The molecule has 3 fully saturated rings. The Morgan fingerprint density at radius 3 is 1.46 bits per heavy atom. The SMILES string of the molecule is Cl.Cl.O=S1C2CCC1C(N1CCOCC1)CCC=CCCC2N1CCOCC1. The van der Waals surface area contributed by atoms with E-state index in [1.165, 1.54) is 0 Å². The predicted molar refractivity (Wildman–Crippen MR) is 119 cm³/mol. The van der Waals surface area contributed by atoms with Crippen LogP contribution in [-0.4, -0.2) is 89.2 Å². The summed E-state index contributed by atoms with van der Waals surface area (Å²) in [6.45, 7) is 7.30. The second-order valence-electron chi connectivity index (χ2n) is 8.04. The van der Waals surface area contributed by atoms with Crippen molar-refractivity contribution in [2.45, 2.75) is 61.1 Å². The standard InChI is InChI=1S/C20H34N2O3S.2ClH/c23-26-19-7-8-20(26)18(22-11-15-25-16-12-22)6-4-2-1-3-5-17(19)21-9-13-24-14-10-21;;/h1-2,17-20H,3-16H2;2*1H. The predicted octanol–water partition coefficient (Wildman–Crippen LogP) is 2.64. The minimum Gasteiger partial charge on any atom is -0.379 e. The van der Waals surface area contributed by atoms with Gasteiger partial charge < -0.3 is 9.47 Å². The molecule has 0 spiro atoms. The van der Waals surface area contributed by atoms with Crippen molar-refractivity contribution in [3.63, 3.8) is 0 Å². The van der Waals surface area contributed by atoms with Crippen LogP contribution in [0.1, 0.15) is 38.5 Å². The normalized spacial score (nSPS) is 38.1. The zero-order valence-corrected chi connectivity index (χ0v) is 19.2. The van der Waals surface area contributed by atoms with Crippen molar-refractivity contribution in [2.75, 3.05) is 52.6 Å². The molecule has 0 aromatic heterocycles. The summed E-state index contributed by atoms with van der Waals surface area (Å²) in [6.07, 6.45) is 11.5. The summed E-state index contributed by atoms with van der Waals surface area (Å²) in [5, 5.41) is 0.682. The van der Waals surface area contributed by atoms with Crippen molar-refractivity contribution in [1.82, 2.24) is 9.80 Å². The third-order valence-corrected chi connectivity index (χ3v) is 8.94. The Balaban J connectivity index is 0.00000140. The molecule has 0 aliphatic carbocycles. The lowest BCUT2D eigenvalue weighted by Crippen LogP contribution is -2.52. The van der Waals surface area contributed by atoms with E-state index in [-0.39, 0.29) is 24.8 Å². The highest BCUT2D eigenvalue weighted by Crippen LogP contribution is 2.35. The number of allylic oxidation sites excluding steroid dienone is 2. The van der Waals surface area contributed by atoms with Gasteiger partial charge in [0.15, 0.2) is 0 Å². The number of nitrogens with zero attached hydrogens (tertiary/aromatic N) is 2. The number of fused-ring (bicyclic) bond motifs is 2. The van der Waals surface area contributed by atoms with Crippen LogP contribution < -0.4 is 0 Å². The molecule has 4 atom stereocenters. The number of rotatable bonds is 2. The number of morpholine rings is 2. The van der Waals surface area contributed by atoms with Crippen LogP contribution in [0.3, 0.4) is 0 Å². The van der Waals surface area contributed by atoms with Gasteiger partial charge in [0.25, 0.3) is 0 Å². The first-order valence-corrected chi connectivity index (χ1v) is 11.8. The molecule has 4 unspecified atom stereocenters. The quantitative estimate of drug-likeness (QED) is 0.599. The zero-order valence-electron chi connectivity index (χ0n) is 16.7. The summed E-state index contributed by atoms with van der Waals surface area (Å²) in [6, 6.07) is 0.913. The smallest absolute Gasteiger partial charge is 0.0594 e. The molecule has 5 nitrogen and oxygen atoms in total. The van der Waals surface area contributed by atoms with E-state index in [0.717, 1.165) is 91.1 Å². The zero-order chi connectivity index (χ0) is 17.8. The molecule has 4 heterocycles. The number of halogens is 2. The number of ether oxygens (including phenoxy) is 2. The van der Waals surface area contributed by atoms with Gasteiger partial charge in [-0.2, -0.15) is 0 Å². The van der Waals surface area contributed by atoms with Gasteiger partial charge in [-0.1, -0.05) is 12.2 Å². The largest absolute Gasteiger partial charge is 0.379 e. The Bertz CT molecular complexity index is 472. The summed E-state index contributed by atoms with van der Waals surface area (Å²) < 4.78 is 24.7. The maximum absolute atomic E-state index is 13.6. The van der Waals surface area contributed by atoms with Crippen LogP contribution in [0.15, 0.2) is 12.2 Å². The summed E-state index contributed by atoms with van der Waals surface area (Å²) in [4.78, 5) is 5.15. The van der Waals surface area contributed by atoms with Gasteiger partial charge in [0.2, 0.25) is 0 Å². The molecule has 4 aliphatic heterocycles. The Hall–Kier alpha value is 0.310. The number of hydrogen-bond donors (Lipinski definition) is 0. The highest BCUT2D eigenvalue weighted by Gasteiger charge is 2.44. The summed E-state index contributed by atoms with van der Waals surface area (Å²) in [5.41, 5.74) is 0. The molecule has 0 saturated carbocycles. The van der Waals surface area contributed by atoms with Gasteiger partial charge in [0.1, 0.15) is 0 Å². The van der Waals surface area contributed by atoms with Gasteiger partial charge in [-0.3, -0.25) is 14.0 Å². The molecule has 4 aliphatic rings. The monoisotopic (exact) mass is 454 g/mol. The maximum atomic E-state index is 13.6. The third kappa shape index (κ3) is 5.71. The van der Waals surface area contributed by atoms with E-state index in [1.54, 1.807) is 0 Å². The molecule has 0 aromatic rings. The molecule has 164 valence electrons. The van der Waals surface area contributed by atoms with Crippen LogP contribution in [-0.2, 0) is 20.3 Å². The van der Waals surface area contributed by atoms with Crippen molar-refractivity contribution < 1.29 is 13.7 Å². The van der Waals surface area contributed by atoms with Crippen LogP contribution in [0.4, 0.5) is 0 Å². The fourth-order valence-electron chi connectivity index (χ4n) is 5.27. The fourth-order valence-corrected chi connectivity index (χ4v) is 7.70.